The second kappa shape index (κ2) is 17.3. The maximum absolute atomic E-state index is 12.4. The molecule has 0 saturated carbocycles. The molecule has 10 heteroatoms. The number of carbonyl (C=O) groups excluding carboxylic acids is 3. The van der Waals surface area contributed by atoms with Crippen molar-refractivity contribution in [1.29, 1.82) is 0 Å². The molecule has 1 heterocycles. The zero-order valence-electron chi connectivity index (χ0n) is 27.1. The Labute approximate surface area is 256 Å². The second-order valence-electron chi connectivity index (χ2n) is 11.4. The minimum absolute atomic E-state index is 0.527. The third-order valence-electron chi connectivity index (χ3n) is 8.13. The van der Waals surface area contributed by atoms with Crippen LogP contribution in [0.5, 0.6) is 11.5 Å². The monoisotopic (exact) mass is 700 g/mol. The van der Waals surface area contributed by atoms with Crippen LogP contribution in [-0.4, -0.2) is 74.9 Å². The van der Waals surface area contributed by atoms with Gasteiger partial charge in [-0.15, -0.1) is 0 Å². The van der Waals surface area contributed by atoms with Gasteiger partial charge < -0.3 is 0 Å². The van der Waals surface area contributed by atoms with Crippen molar-refractivity contribution in [3.8, 4) is 11.5 Å². The van der Waals surface area contributed by atoms with Gasteiger partial charge in [0.1, 0.15) is 0 Å². The first kappa shape index (κ1) is 36.2. The predicted molar refractivity (Wildman–Crippen MR) is 164 cm³/mol. The number of rotatable bonds is 16. The normalized spacial score (nSPS) is 22.3. The van der Waals surface area contributed by atoms with E-state index >= 15 is 0 Å². The quantitative estimate of drug-likeness (QED) is 0.117. The van der Waals surface area contributed by atoms with E-state index in [1.165, 1.54) is 56.9 Å². The van der Waals surface area contributed by atoms with Crippen molar-refractivity contribution in [3.63, 3.8) is 0 Å². The van der Waals surface area contributed by atoms with Gasteiger partial charge in [0.25, 0.3) is 0 Å². The van der Waals surface area contributed by atoms with E-state index in [1.54, 1.807) is 21.1 Å². The fourth-order valence-electron chi connectivity index (χ4n) is 6.15. The first-order chi connectivity index (χ1) is 20.0. The van der Waals surface area contributed by atoms with E-state index < -0.39 is 66.8 Å². The first-order valence-corrected chi connectivity index (χ1v) is 22.9. The van der Waals surface area contributed by atoms with Crippen LogP contribution >= 0.6 is 0 Å². The summed E-state index contributed by atoms with van der Waals surface area (Å²) in [5.41, 5.74) is 0.704. The van der Waals surface area contributed by atoms with E-state index in [-0.39, 0.29) is 0 Å². The average molecular weight is 699 g/mol. The summed E-state index contributed by atoms with van der Waals surface area (Å²) in [6.45, 7) is 12.3. The Kier molecular flexibility index (Phi) is 14.9. The van der Waals surface area contributed by atoms with Crippen molar-refractivity contribution < 1.29 is 42.8 Å². The zero-order valence-corrected chi connectivity index (χ0v) is 29.9. The number of esters is 3. The second-order valence-corrected chi connectivity index (χ2v) is 24.5. The van der Waals surface area contributed by atoms with Crippen molar-refractivity contribution in [2.24, 2.45) is 0 Å². The Balaban J connectivity index is 2.85. The number of carbonyl (C=O) groups is 3. The molecule has 0 aromatic heterocycles. The number of ether oxygens (including phenoxy) is 6. The minimum atomic E-state index is -3.07. The first-order valence-electron chi connectivity index (χ1n) is 15.4. The van der Waals surface area contributed by atoms with Crippen molar-refractivity contribution in [2.45, 2.75) is 131 Å². The molecular formula is C32H52O9Sn. The van der Waals surface area contributed by atoms with Gasteiger partial charge in [-0.1, -0.05) is 0 Å². The van der Waals surface area contributed by atoms with Gasteiger partial charge in [-0.3, -0.25) is 0 Å². The molecular weight excluding hydrogens is 647 g/mol. The molecule has 1 aromatic carbocycles. The standard InChI is InChI=1S/C20H25O9.3C4H9.Sn/c1-10-17(27-11(2)21)19(28-12(3)22)20(29-13(4)23)18(26-10)15-8-7-14(24-5)9-16(15)25-6;3*1-3-4-2;/h8-10,17-20H,1-6H3;3*1,3-4H2,2H3;/t10-,17+,18+,19+,20+;;;;/m0..../s1. The molecule has 1 saturated heterocycles. The fraction of sp³-hybridized carbons (Fsp3) is 0.719. The van der Waals surface area contributed by atoms with E-state index in [0.29, 0.717) is 11.3 Å². The summed E-state index contributed by atoms with van der Waals surface area (Å²) in [5, 5.41) is 0. The van der Waals surface area contributed by atoms with Crippen LogP contribution in [0.3, 0.4) is 0 Å². The summed E-state index contributed by atoms with van der Waals surface area (Å²) in [4.78, 5) is 36.6. The van der Waals surface area contributed by atoms with Crippen LogP contribution in [0.2, 0.25) is 13.3 Å². The molecule has 0 radical (unpaired) electrons. The number of methoxy groups -OCH3 is 2. The summed E-state index contributed by atoms with van der Waals surface area (Å²) in [6, 6.07) is 4.09. The van der Waals surface area contributed by atoms with Crippen molar-refractivity contribution in [3.05, 3.63) is 17.7 Å². The van der Waals surface area contributed by atoms with Crippen LogP contribution in [0, 0.1) is 0 Å². The molecule has 0 unspecified atom stereocenters. The molecule has 42 heavy (non-hydrogen) atoms. The van der Waals surface area contributed by atoms with Gasteiger partial charge in [-0.25, -0.2) is 0 Å². The van der Waals surface area contributed by atoms with Crippen LogP contribution in [0.4, 0.5) is 0 Å². The van der Waals surface area contributed by atoms with Gasteiger partial charge in [0.15, 0.2) is 0 Å². The third kappa shape index (κ3) is 9.24. The van der Waals surface area contributed by atoms with Crippen LogP contribution in [0.25, 0.3) is 0 Å². The summed E-state index contributed by atoms with van der Waals surface area (Å²) >= 11 is -3.07. The van der Waals surface area contributed by atoms with Gasteiger partial charge in [0.05, 0.1) is 0 Å². The van der Waals surface area contributed by atoms with Gasteiger partial charge in [-0.2, -0.15) is 0 Å². The molecule has 0 bridgehead atoms. The summed E-state index contributed by atoms with van der Waals surface area (Å²) in [5.74, 6) is -0.356. The Morgan fingerprint density at radius 2 is 1.17 bits per heavy atom. The van der Waals surface area contributed by atoms with E-state index in [4.69, 9.17) is 28.4 Å². The molecule has 1 aliphatic rings. The molecule has 2 rings (SSSR count). The molecule has 1 aromatic rings. The van der Waals surface area contributed by atoms with E-state index in [9.17, 15) is 14.4 Å². The summed E-state index contributed by atoms with van der Waals surface area (Å²) in [7, 11) is 3.29. The number of hydrogen-bond acceptors (Lipinski definition) is 9. The molecule has 0 N–H and O–H groups in total. The molecule has 1 aliphatic heterocycles. The molecule has 0 aliphatic carbocycles. The van der Waals surface area contributed by atoms with E-state index in [2.05, 4.69) is 26.8 Å². The summed E-state index contributed by atoms with van der Waals surface area (Å²) in [6.07, 6.45) is 2.25. The number of benzene rings is 1. The van der Waals surface area contributed by atoms with Crippen LogP contribution in [0.15, 0.2) is 12.1 Å². The van der Waals surface area contributed by atoms with Crippen LogP contribution in [0.1, 0.15) is 98.7 Å². The predicted octanol–water partition coefficient (Wildman–Crippen LogP) is 6.01. The third-order valence-corrected chi connectivity index (χ3v) is 23.7. The van der Waals surface area contributed by atoms with E-state index in [0.717, 1.165) is 25.0 Å². The Bertz CT molecular complexity index is 1020. The van der Waals surface area contributed by atoms with Crippen molar-refractivity contribution in [1.82, 2.24) is 0 Å². The Morgan fingerprint density at radius 3 is 1.60 bits per heavy atom. The number of hydrogen-bond donors (Lipinski definition) is 0. The molecule has 0 spiro atoms. The maximum atomic E-state index is 12.4. The van der Waals surface area contributed by atoms with E-state index in [1.807, 2.05) is 6.07 Å². The van der Waals surface area contributed by atoms with Gasteiger partial charge in [-0.05, 0) is 0 Å². The van der Waals surface area contributed by atoms with Gasteiger partial charge in [0.2, 0.25) is 0 Å². The van der Waals surface area contributed by atoms with Crippen molar-refractivity contribution >= 4 is 39.9 Å². The van der Waals surface area contributed by atoms with Crippen LogP contribution in [-0.2, 0) is 33.3 Å². The fourth-order valence-corrected chi connectivity index (χ4v) is 22.7. The molecule has 238 valence electrons. The molecule has 0 amide bonds. The van der Waals surface area contributed by atoms with Crippen LogP contribution < -0.4 is 13.1 Å². The Morgan fingerprint density at radius 1 is 0.714 bits per heavy atom. The van der Waals surface area contributed by atoms with Crippen molar-refractivity contribution in [2.75, 3.05) is 14.2 Å². The Hall–Kier alpha value is -2.01. The molecule has 9 nitrogen and oxygen atoms in total. The van der Waals surface area contributed by atoms with Gasteiger partial charge in [0, 0.05) is 0 Å². The van der Waals surface area contributed by atoms with Gasteiger partial charge >= 0.3 is 257 Å². The summed E-state index contributed by atoms with van der Waals surface area (Å²) < 4.78 is 40.4. The molecule has 5 atom stereocenters. The average Bonchev–Trinajstić information content (AvgIpc) is 2.94. The number of unbranched alkanes of at least 4 members (excludes halogenated alkanes) is 3. The zero-order chi connectivity index (χ0) is 31.4. The topological polar surface area (TPSA) is 107 Å². The SMILES string of the molecule is CCC[CH2][Sn]([CH2]CCC)([CH2]CCC)[c]1cc([C@H]2O[C@@H](C)[C@@H](OC(C)=O)[C@@H](OC(C)=O)[C@@H]2OC(C)=O)c(OC)cc1OC. The molecule has 1 fully saturated rings.